The van der Waals surface area contributed by atoms with Crippen LogP contribution in [0.15, 0.2) is 18.5 Å². The molecule has 1 aliphatic heterocycles. The lowest BCUT2D eigenvalue weighted by molar-refractivity contribution is 0.0527. The molecule has 5 nitrogen and oxygen atoms in total. The van der Waals surface area contributed by atoms with E-state index in [1.165, 1.54) is 18.5 Å². The predicted molar refractivity (Wildman–Crippen MR) is 68.5 cm³/mol. The smallest absolute Gasteiger partial charge is 0.255 e. The fourth-order valence-corrected chi connectivity index (χ4v) is 2.38. The maximum Gasteiger partial charge on any atom is 0.255 e. The summed E-state index contributed by atoms with van der Waals surface area (Å²) in [7, 11) is 0. The van der Waals surface area contributed by atoms with Crippen LogP contribution in [0.5, 0.6) is 5.75 Å². The Morgan fingerprint density at radius 3 is 2.89 bits per heavy atom. The maximum absolute atomic E-state index is 12.2. The topological polar surface area (TPSA) is 56.7 Å². The van der Waals surface area contributed by atoms with Gasteiger partial charge in [-0.1, -0.05) is 6.92 Å². The Balaban J connectivity index is 2.07. The summed E-state index contributed by atoms with van der Waals surface area (Å²) in [5, 5.41) is 9.35. The van der Waals surface area contributed by atoms with E-state index in [4.69, 9.17) is 0 Å². The first-order valence-corrected chi connectivity index (χ1v) is 6.29. The molecule has 1 saturated heterocycles. The summed E-state index contributed by atoms with van der Waals surface area (Å²) in [5.74, 6) is -0.0258. The first-order chi connectivity index (χ1) is 8.61. The number of aromatic hydroxyl groups is 1. The van der Waals surface area contributed by atoms with Gasteiger partial charge in [0.1, 0.15) is 5.75 Å². The van der Waals surface area contributed by atoms with E-state index >= 15 is 0 Å². The molecular weight excluding hydrogens is 230 g/mol. The quantitative estimate of drug-likeness (QED) is 0.848. The molecule has 98 valence electrons. The molecule has 0 radical (unpaired) electrons. The highest BCUT2D eigenvalue weighted by molar-refractivity contribution is 5.94. The molecule has 1 aliphatic rings. The molecule has 2 heterocycles. The number of amides is 1. The van der Waals surface area contributed by atoms with Crippen LogP contribution in [0.4, 0.5) is 0 Å². The van der Waals surface area contributed by atoms with Gasteiger partial charge in [-0.2, -0.15) is 0 Å². The number of hydrogen-bond donors (Lipinski definition) is 1. The molecule has 2 rings (SSSR count). The van der Waals surface area contributed by atoms with Crippen LogP contribution in [0.3, 0.4) is 0 Å². The summed E-state index contributed by atoms with van der Waals surface area (Å²) in [6.45, 7) is 7.62. The molecule has 0 saturated carbocycles. The van der Waals surface area contributed by atoms with E-state index in [9.17, 15) is 9.90 Å². The van der Waals surface area contributed by atoms with Gasteiger partial charge in [-0.3, -0.25) is 14.7 Å². The molecule has 18 heavy (non-hydrogen) atoms. The molecule has 1 aromatic rings. The number of carbonyl (C=O) groups excluding carboxylic acids is 1. The SMILES string of the molecule is CCN1CCN(C(=O)c2cncc(O)c2)CC1C. The van der Waals surface area contributed by atoms with E-state index in [2.05, 4.69) is 23.7 Å². The van der Waals surface area contributed by atoms with E-state index in [0.717, 1.165) is 26.2 Å². The van der Waals surface area contributed by atoms with Gasteiger partial charge < -0.3 is 10.0 Å². The Morgan fingerprint density at radius 2 is 2.28 bits per heavy atom. The van der Waals surface area contributed by atoms with Crippen molar-refractivity contribution in [1.29, 1.82) is 0 Å². The first-order valence-electron chi connectivity index (χ1n) is 6.29. The molecule has 0 bridgehead atoms. The molecule has 5 heteroatoms. The van der Waals surface area contributed by atoms with Crippen molar-refractivity contribution in [3.63, 3.8) is 0 Å². The van der Waals surface area contributed by atoms with Crippen LogP contribution in [0.25, 0.3) is 0 Å². The van der Waals surface area contributed by atoms with Crippen molar-refractivity contribution in [3.8, 4) is 5.75 Å². The summed E-state index contributed by atoms with van der Waals surface area (Å²) >= 11 is 0. The highest BCUT2D eigenvalue weighted by atomic mass is 16.3. The fraction of sp³-hybridized carbons (Fsp3) is 0.538. The minimum Gasteiger partial charge on any atom is -0.506 e. The summed E-state index contributed by atoms with van der Waals surface area (Å²) in [5.41, 5.74) is 0.451. The maximum atomic E-state index is 12.2. The van der Waals surface area contributed by atoms with Crippen molar-refractivity contribution in [2.24, 2.45) is 0 Å². The zero-order valence-electron chi connectivity index (χ0n) is 10.8. The third-order valence-electron chi connectivity index (χ3n) is 3.43. The van der Waals surface area contributed by atoms with Crippen LogP contribution < -0.4 is 0 Å². The molecule has 1 fully saturated rings. The van der Waals surface area contributed by atoms with Crippen molar-refractivity contribution in [2.45, 2.75) is 19.9 Å². The Kier molecular flexibility index (Phi) is 3.81. The average Bonchev–Trinajstić information content (AvgIpc) is 2.37. The van der Waals surface area contributed by atoms with Crippen molar-refractivity contribution < 1.29 is 9.90 Å². The van der Waals surface area contributed by atoms with Crippen LogP contribution in [-0.4, -0.2) is 58.0 Å². The van der Waals surface area contributed by atoms with Crippen LogP contribution in [-0.2, 0) is 0 Å². The summed E-state index contributed by atoms with van der Waals surface area (Å²) in [4.78, 5) is 20.3. The number of rotatable bonds is 2. The summed E-state index contributed by atoms with van der Waals surface area (Å²) in [6, 6.07) is 1.84. The Labute approximate surface area is 107 Å². The number of piperazine rings is 1. The van der Waals surface area contributed by atoms with Crippen LogP contribution >= 0.6 is 0 Å². The van der Waals surface area contributed by atoms with E-state index < -0.39 is 0 Å². The molecular formula is C13H19N3O2. The van der Waals surface area contributed by atoms with Crippen molar-refractivity contribution >= 4 is 5.91 Å². The van der Waals surface area contributed by atoms with Gasteiger partial charge in [0.05, 0.1) is 11.8 Å². The molecule has 0 spiro atoms. The molecule has 1 unspecified atom stereocenters. The van der Waals surface area contributed by atoms with Gasteiger partial charge >= 0.3 is 0 Å². The minimum atomic E-state index is -0.0546. The first kappa shape index (κ1) is 12.8. The molecule has 1 aromatic heterocycles. The van der Waals surface area contributed by atoms with Gasteiger partial charge in [-0.05, 0) is 19.5 Å². The highest BCUT2D eigenvalue weighted by Crippen LogP contribution is 2.15. The highest BCUT2D eigenvalue weighted by Gasteiger charge is 2.26. The second-order valence-corrected chi connectivity index (χ2v) is 4.66. The second kappa shape index (κ2) is 5.35. The predicted octanol–water partition coefficient (Wildman–Crippen LogP) is 0.953. The van der Waals surface area contributed by atoms with Gasteiger partial charge in [0.2, 0.25) is 0 Å². The second-order valence-electron chi connectivity index (χ2n) is 4.66. The number of hydrogen-bond acceptors (Lipinski definition) is 4. The molecule has 0 aliphatic carbocycles. The van der Waals surface area contributed by atoms with Crippen LogP contribution in [0, 0.1) is 0 Å². The third kappa shape index (κ3) is 2.61. The minimum absolute atomic E-state index is 0.0288. The molecule has 1 N–H and O–H groups in total. The third-order valence-corrected chi connectivity index (χ3v) is 3.43. The van der Waals surface area contributed by atoms with Gasteiger partial charge in [0, 0.05) is 31.9 Å². The monoisotopic (exact) mass is 249 g/mol. The normalized spacial score (nSPS) is 21.0. The average molecular weight is 249 g/mol. The molecule has 1 amide bonds. The molecule has 0 aromatic carbocycles. The van der Waals surface area contributed by atoms with Crippen LogP contribution in [0.2, 0.25) is 0 Å². The van der Waals surface area contributed by atoms with E-state index in [-0.39, 0.29) is 11.7 Å². The van der Waals surface area contributed by atoms with Crippen LogP contribution in [0.1, 0.15) is 24.2 Å². The van der Waals surface area contributed by atoms with Crippen molar-refractivity contribution in [3.05, 3.63) is 24.0 Å². The zero-order valence-corrected chi connectivity index (χ0v) is 10.8. The number of nitrogens with zero attached hydrogens (tertiary/aromatic N) is 3. The largest absolute Gasteiger partial charge is 0.506 e. The van der Waals surface area contributed by atoms with Gasteiger partial charge in [0.25, 0.3) is 5.91 Å². The van der Waals surface area contributed by atoms with Crippen molar-refractivity contribution in [1.82, 2.24) is 14.8 Å². The number of aromatic nitrogens is 1. The Bertz CT molecular complexity index is 436. The van der Waals surface area contributed by atoms with Gasteiger partial charge in [0.15, 0.2) is 0 Å². The van der Waals surface area contributed by atoms with Gasteiger partial charge in [-0.25, -0.2) is 0 Å². The lowest BCUT2D eigenvalue weighted by Gasteiger charge is -2.39. The number of pyridine rings is 1. The zero-order chi connectivity index (χ0) is 13.1. The Morgan fingerprint density at radius 1 is 1.50 bits per heavy atom. The standard InChI is InChI=1S/C13H19N3O2/c1-3-15-4-5-16(9-10(15)2)13(18)11-6-12(17)8-14-7-11/h6-8,10,17H,3-5,9H2,1-2H3. The molecule has 1 atom stereocenters. The summed E-state index contributed by atoms with van der Waals surface area (Å²) in [6.07, 6.45) is 2.83. The van der Waals surface area contributed by atoms with E-state index in [1.54, 1.807) is 0 Å². The lowest BCUT2D eigenvalue weighted by atomic mass is 10.1. The number of likely N-dealkylation sites (N-methyl/N-ethyl adjacent to an activating group) is 1. The Hall–Kier alpha value is -1.62. The van der Waals surface area contributed by atoms with E-state index in [0.29, 0.717) is 11.6 Å². The lowest BCUT2D eigenvalue weighted by Crippen LogP contribution is -2.53. The number of carbonyl (C=O) groups is 1. The van der Waals surface area contributed by atoms with E-state index in [1.807, 2.05) is 4.90 Å². The fourth-order valence-electron chi connectivity index (χ4n) is 2.38. The van der Waals surface area contributed by atoms with Crippen molar-refractivity contribution in [2.75, 3.05) is 26.2 Å². The summed E-state index contributed by atoms with van der Waals surface area (Å²) < 4.78 is 0. The van der Waals surface area contributed by atoms with Gasteiger partial charge in [-0.15, -0.1) is 0 Å².